The van der Waals surface area contributed by atoms with Crippen molar-refractivity contribution < 1.29 is 10.3 Å². The molecule has 0 aliphatic heterocycles. The van der Waals surface area contributed by atoms with E-state index in [1.54, 1.807) is 5.18 Å². The number of carbonyl (C=O) groups is 1. The van der Waals surface area contributed by atoms with Gasteiger partial charge >= 0.3 is 6.03 Å². The molecule has 0 fully saturated rings. The molecule has 5 nitrogen and oxygen atoms in total. The Morgan fingerprint density at radius 2 is 2.33 bits per heavy atom. The van der Waals surface area contributed by atoms with Crippen LogP contribution in [-0.4, -0.2) is 6.03 Å². The Hall–Kier alpha value is -0.810. The second-order valence-corrected chi connectivity index (χ2v) is 0.547. The van der Waals surface area contributed by atoms with Crippen molar-refractivity contribution in [3.05, 3.63) is 10.1 Å². The minimum atomic E-state index is -1.27. The molecule has 0 aromatic carbocycles. The van der Waals surface area contributed by atoms with E-state index in [1.807, 2.05) is 0 Å². The first-order valence-electron chi connectivity index (χ1n) is 1.13. The number of rotatable bonds is 0. The van der Waals surface area contributed by atoms with Crippen LogP contribution in [-0.2, 0) is 0 Å². The Kier molecular flexibility index (Phi) is 2.10. The smallest absolute Gasteiger partial charge is 0.475 e. The van der Waals surface area contributed by atoms with E-state index >= 15 is 0 Å². The van der Waals surface area contributed by atoms with Gasteiger partial charge in [0.25, 0.3) is 0 Å². The first-order valence-corrected chi connectivity index (χ1v) is 1.13. The van der Waals surface area contributed by atoms with Gasteiger partial charge in [-0.1, -0.05) is 0 Å². The number of amides is 2. The maximum Gasteiger partial charge on any atom is 0.475 e. The van der Waals surface area contributed by atoms with Crippen molar-refractivity contribution in [2.24, 2.45) is 5.18 Å². The van der Waals surface area contributed by atoms with E-state index in [-0.39, 0.29) is 5.48 Å². The first-order chi connectivity index (χ1) is 2.81. The van der Waals surface area contributed by atoms with E-state index in [0.717, 1.165) is 0 Å². The van der Waals surface area contributed by atoms with Crippen molar-refractivity contribution in [1.29, 1.82) is 0 Å². The van der Waals surface area contributed by atoms with Gasteiger partial charge in [0, 0.05) is 0 Å². The average Bonchev–Trinajstić information content (AvgIpc) is 1.65. The number of hydroxylamine groups is 1. The molecule has 0 rings (SSSR count). The monoisotopic (exact) mass is 90.0 g/mol. The second-order valence-electron chi connectivity index (χ2n) is 0.547. The van der Waals surface area contributed by atoms with Gasteiger partial charge in [-0.25, -0.2) is 4.79 Å². The predicted molar refractivity (Wildman–Crippen MR) is 16.5 cm³/mol. The van der Waals surface area contributed by atoms with Crippen LogP contribution in [0.5, 0.6) is 0 Å². The molecular formula is CH2N2O3. The number of urea groups is 1. The van der Waals surface area contributed by atoms with Gasteiger partial charge in [-0.3, -0.25) is 5.48 Å². The molecule has 5 heteroatoms. The zero-order chi connectivity index (χ0) is 4.99. The molecule has 0 unspecified atom stereocenters. The molecule has 0 aromatic heterocycles. The number of nitrogens with two attached hydrogens (primary N) is 1. The summed E-state index contributed by atoms with van der Waals surface area (Å²) in [6.07, 6.45) is 0. The van der Waals surface area contributed by atoms with Gasteiger partial charge in [0.2, 0.25) is 0 Å². The number of hydrogen-bond acceptors (Lipinski definition) is 3. The van der Waals surface area contributed by atoms with Gasteiger partial charge in [0.05, 0.1) is 5.18 Å². The third-order valence-corrected chi connectivity index (χ3v) is 0.191. The summed E-state index contributed by atoms with van der Waals surface area (Å²) < 4.78 is 0. The van der Waals surface area contributed by atoms with Crippen molar-refractivity contribution in [3.63, 3.8) is 0 Å². The number of quaternary nitrogens is 1. The summed E-state index contributed by atoms with van der Waals surface area (Å²) in [6.45, 7) is 0. The van der Waals surface area contributed by atoms with Gasteiger partial charge < -0.3 is 5.21 Å². The maximum atomic E-state index is 9.33. The number of hydrogen-bond donors (Lipinski definition) is 1. The zero-order valence-electron chi connectivity index (χ0n) is 2.75. The molecule has 0 bridgehead atoms. The second kappa shape index (κ2) is 2.43. The Labute approximate surface area is 32.9 Å². The van der Waals surface area contributed by atoms with Gasteiger partial charge in [-0.15, -0.1) is 4.91 Å². The summed E-state index contributed by atoms with van der Waals surface area (Å²) >= 11 is 0. The van der Waals surface area contributed by atoms with Crippen molar-refractivity contribution >= 4 is 6.03 Å². The van der Waals surface area contributed by atoms with Gasteiger partial charge in [0.15, 0.2) is 0 Å². The third-order valence-electron chi connectivity index (χ3n) is 0.191. The van der Waals surface area contributed by atoms with Gasteiger partial charge in [-0.05, 0) is 0 Å². The molecule has 2 amide bonds. The molecule has 6 heavy (non-hydrogen) atoms. The molecule has 0 aliphatic carbocycles. The van der Waals surface area contributed by atoms with Crippen LogP contribution in [0.15, 0.2) is 5.18 Å². The lowest BCUT2D eigenvalue weighted by atomic mass is 11.2. The first kappa shape index (κ1) is 5.19. The zero-order valence-corrected chi connectivity index (χ0v) is 2.75. The highest BCUT2D eigenvalue weighted by Crippen LogP contribution is 1.54. The van der Waals surface area contributed by atoms with E-state index in [1.165, 1.54) is 0 Å². The minimum absolute atomic E-state index is 0.146. The fourth-order valence-corrected chi connectivity index (χ4v) is 0.0215. The molecule has 0 aliphatic rings. The van der Waals surface area contributed by atoms with Crippen molar-refractivity contribution in [3.8, 4) is 0 Å². The molecule has 0 saturated heterocycles. The molecule has 0 radical (unpaired) electrons. The highest BCUT2D eigenvalue weighted by Gasteiger charge is 1.90. The predicted octanol–water partition coefficient (Wildman–Crippen LogP) is -1.07. The highest BCUT2D eigenvalue weighted by molar-refractivity contribution is 5.63. The van der Waals surface area contributed by atoms with Crippen LogP contribution in [0.3, 0.4) is 0 Å². The molecular weight excluding hydrogens is 88.0 g/mol. The van der Waals surface area contributed by atoms with Crippen molar-refractivity contribution in [2.45, 2.75) is 0 Å². The van der Waals surface area contributed by atoms with Gasteiger partial charge in [0.1, 0.15) is 0 Å². The fourth-order valence-electron chi connectivity index (χ4n) is 0.0215. The highest BCUT2D eigenvalue weighted by atomic mass is 16.5. The molecule has 0 aromatic rings. The molecule has 0 atom stereocenters. The van der Waals surface area contributed by atoms with Crippen LogP contribution in [0.25, 0.3) is 0 Å². The van der Waals surface area contributed by atoms with Gasteiger partial charge in [-0.2, -0.15) is 0 Å². The Morgan fingerprint density at radius 1 is 1.83 bits per heavy atom. The van der Waals surface area contributed by atoms with E-state index in [9.17, 15) is 4.79 Å². The van der Waals surface area contributed by atoms with Crippen LogP contribution in [0.2, 0.25) is 0 Å². The van der Waals surface area contributed by atoms with E-state index in [2.05, 4.69) is 0 Å². The molecule has 2 N–H and O–H groups in total. The summed E-state index contributed by atoms with van der Waals surface area (Å²) in [7, 11) is 0. The van der Waals surface area contributed by atoms with E-state index in [4.69, 9.17) is 10.1 Å². The lowest BCUT2D eigenvalue weighted by Crippen LogP contribution is -2.80. The van der Waals surface area contributed by atoms with Crippen LogP contribution >= 0.6 is 0 Å². The quantitative estimate of drug-likeness (QED) is 0.303. The molecule has 34 valence electrons. The van der Waals surface area contributed by atoms with Crippen LogP contribution in [0.4, 0.5) is 4.79 Å². The summed E-state index contributed by atoms with van der Waals surface area (Å²) in [5.74, 6) is 0. The lowest BCUT2D eigenvalue weighted by molar-refractivity contribution is -0.479. The van der Waals surface area contributed by atoms with E-state index < -0.39 is 6.03 Å². The Morgan fingerprint density at radius 3 is 2.33 bits per heavy atom. The van der Waals surface area contributed by atoms with Crippen LogP contribution in [0, 0.1) is 10.1 Å². The van der Waals surface area contributed by atoms with Crippen LogP contribution in [0.1, 0.15) is 0 Å². The number of nitrogens with zero attached hydrogens (tertiary/aromatic N) is 1. The Balaban J connectivity index is 3.23. The van der Waals surface area contributed by atoms with Crippen molar-refractivity contribution in [2.75, 3.05) is 0 Å². The molecule has 0 heterocycles. The summed E-state index contributed by atoms with van der Waals surface area (Å²) in [5, 5.41) is 10.8. The number of nitroso groups, excluding NO2 is 1. The van der Waals surface area contributed by atoms with Crippen molar-refractivity contribution in [1.82, 2.24) is 0 Å². The fraction of sp³-hybridized carbons (Fsp3) is 0. The van der Waals surface area contributed by atoms with Crippen LogP contribution < -0.4 is 5.48 Å². The lowest BCUT2D eigenvalue weighted by Gasteiger charge is -1.84. The Bertz CT molecular complexity index is 69.2. The number of carbonyl (C=O) groups excluding carboxylic acids is 1. The maximum absolute atomic E-state index is 9.33. The largest absolute Gasteiger partial charge is 0.627 e. The standard InChI is InChI=1S/CH2N2O3/c4-1(2-5)3-6/h2H2. The molecule has 0 spiro atoms. The SMILES string of the molecule is O=NC(=O)[NH2+][O-]. The molecule has 0 saturated carbocycles. The summed E-state index contributed by atoms with van der Waals surface area (Å²) in [5.41, 5.74) is -0.146. The third kappa shape index (κ3) is 1.50. The topological polar surface area (TPSA) is 86.2 Å². The number of primary amides is 1. The summed E-state index contributed by atoms with van der Waals surface area (Å²) in [6, 6.07) is -1.27. The normalized spacial score (nSPS) is 7.50. The van der Waals surface area contributed by atoms with E-state index in [0.29, 0.717) is 0 Å². The average molecular weight is 90.0 g/mol. The summed E-state index contributed by atoms with van der Waals surface area (Å²) in [4.78, 5) is 18.2. The minimum Gasteiger partial charge on any atom is -0.627 e.